The summed E-state index contributed by atoms with van der Waals surface area (Å²) in [5, 5.41) is 13.3. The van der Waals surface area contributed by atoms with Gasteiger partial charge in [0.25, 0.3) is 5.91 Å². The first-order valence-corrected chi connectivity index (χ1v) is 8.49. The van der Waals surface area contributed by atoms with E-state index in [0.29, 0.717) is 25.5 Å². The first kappa shape index (κ1) is 17.9. The molecule has 1 saturated heterocycles. The van der Waals surface area contributed by atoms with E-state index in [2.05, 4.69) is 5.10 Å². The fourth-order valence-corrected chi connectivity index (χ4v) is 2.85. The van der Waals surface area contributed by atoms with Crippen molar-refractivity contribution < 1.29 is 24.2 Å². The lowest BCUT2D eigenvalue weighted by Gasteiger charge is -2.31. The Morgan fingerprint density at radius 2 is 2.12 bits per heavy atom. The standard InChI is InChI=1S/C18H21N3O5/c1-2-25-15-12-21(13-6-4-3-5-7-13)19-17(15)18(24)20-8-9-26-14(11-20)10-16(22)23/h3-7,12,14H,2,8-11H2,1H3,(H,22,23). The predicted molar refractivity (Wildman–Crippen MR) is 92.6 cm³/mol. The van der Waals surface area contributed by atoms with Gasteiger partial charge in [0.05, 0.1) is 37.6 Å². The summed E-state index contributed by atoms with van der Waals surface area (Å²) < 4.78 is 12.6. The van der Waals surface area contributed by atoms with Crippen LogP contribution in [-0.2, 0) is 9.53 Å². The molecule has 1 aromatic heterocycles. The molecule has 0 aliphatic carbocycles. The second kappa shape index (κ2) is 8.01. The molecule has 1 aliphatic heterocycles. The Bertz CT molecular complexity index is 774. The van der Waals surface area contributed by atoms with Crippen molar-refractivity contribution in [3.8, 4) is 11.4 Å². The normalized spacial score (nSPS) is 17.1. The van der Waals surface area contributed by atoms with Crippen molar-refractivity contribution in [2.45, 2.75) is 19.4 Å². The summed E-state index contributed by atoms with van der Waals surface area (Å²) in [4.78, 5) is 25.4. The number of hydrogen-bond acceptors (Lipinski definition) is 5. The highest BCUT2D eigenvalue weighted by molar-refractivity contribution is 5.95. The summed E-state index contributed by atoms with van der Waals surface area (Å²) >= 11 is 0. The number of morpholine rings is 1. The van der Waals surface area contributed by atoms with Crippen LogP contribution in [0, 0.1) is 0 Å². The second-order valence-corrected chi connectivity index (χ2v) is 5.90. The van der Waals surface area contributed by atoms with Gasteiger partial charge < -0.3 is 19.5 Å². The van der Waals surface area contributed by atoms with Crippen LogP contribution in [0.4, 0.5) is 0 Å². The summed E-state index contributed by atoms with van der Waals surface area (Å²) in [6.07, 6.45) is 1.03. The smallest absolute Gasteiger partial charge is 0.306 e. The fourth-order valence-electron chi connectivity index (χ4n) is 2.85. The molecule has 0 saturated carbocycles. The second-order valence-electron chi connectivity index (χ2n) is 5.90. The SMILES string of the molecule is CCOc1cn(-c2ccccc2)nc1C(=O)N1CCOC(CC(=O)O)C1. The number of benzene rings is 1. The van der Waals surface area contributed by atoms with Crippen LogP contribution >= 0.6 is 0 Å². The van der Waals surface area contributed by atoms with E-state index < -0.39 is 12.1 Å². The van der Waals surface area contributed by atoms with Crippen LogP contribution in [0.3, 0.4) is 0 Å². The minimum Gasteiger partial charge on any atom is -0.490 e. The van der Waals surface area contributed by atoms with Crippen LogP contribution in [0.25, 0.3) is 5.69 Å². The molecule has 2 aromatic rings. The van der Waals surface area contributed by atoms with E-state index in [0.717, 1.165) is 5.69 Å². The van der Waals surface area contributed by atoms with Gasteiger partial charge in [0.1, 0.15) is 0 Å². The molecule has 1 atom stereocenters. The van der Waals surface area contributed by atoms with Gasteiger partial charge in [0.2, 0.25) is 0 Å². The van der Waals surface area contributed by atoms with Crippen LogP contribution in [0.2, 0.25) is 0 Å². The zero-order chi connectivity index (χ0) is 18.5. The molecule has 0 bridgehead atoms. The zero-order valence-electron chi connectivity index (χ0n) is 14.5. The molecule has 8 nitrogen and oxygen atoms in total. The number of carboxylic acids is 1. The van der Waals surface area contributed by atoms with Gasteiger partial charge in [-0.25, -0.2) is 4.68 Å². The molecule has 1 aliphatic rings. The van der Waals surface area contributed by atoms with Gasteiger partial charge in [0.15, 0.2) is 11.4 Å². The molecule has 1 unspecified atom stereocenters. The van der Waals surface area contributed by atoms with Crippen molar-refractivity contribution in [3.05, 3.63) is 42.2 Å². The number of rotatable bonds is 6. The third kappa shape index (κ3) is 4.02. The fraction of sp³-hybridized carbons (Fsp3) is 0.389. The first-order valence-electron chi connectivity index (χ1n) is 8.49. The van der Waals surface area contributed by atoms with Crippen molar-refractivity contribution in [3.63, 3.8) is 0 Å². The lowest BCUT2D eigenvalue weighted by atomic mass is 10.2. The minimum absolute atomic E-state index is 0.138. The molecule has 138 valence electrons. The van der Waals surface area contributed by atoms with E-state index in [1.807, 2.05) is 37.3 Å². The molecule has 3 rings (SSSR count). The van der Waals surface area contributed by atoms with E-state index in [4.69, 9.17) is 14.6 Å². The number of ether oxygens (including phenoxy) is 2. The lowest BCUT2D eigenvalue weighted by molar-refractivity contribution is -0.141. The molecule has 1 fully saturated rings. The zero-order valence-corrected chi connectivity index (χ0v) is 14.5. The summed E-state index contributed by atoms with van der Waals surface area (Å²) in [5.74, 6) is -0.836. The molecular formula is C18H21N3O5. The topological polar surface area (TPSA) is 93.9 Å². The van der Waals surface area contributed by atoms with E-state index in [9.17, 15) is 9.59 Å². The number of nitrogens with zero attached hydrogens (tertiary/aromatic N) is 3. The maximum atomic E-state index is 12.9. The Morgan fingerprint density at radius 1 is 1.35 bits per heavy atom. The molecule has 0 radical (unpaired) electrons. The Balaban J connectivity index is 1.83. The molecule has 1 N–H and O–H groups in total. The monoisotopic (exact) mass is 359 g/mol. The van der Waals surface area contributed by atoms with Crippen LogP contribution in [0.1, 0.15) is 23.8 Å². The van der Waals surface area contributed by atoms with Gasteiger partial charge in [0, 0.05) is 13.1 Å². The van der Waals surface area contributed by atoms with Crippen molar-refractivity contribution in [1.82, 2.24) is 14.7 Å². The number of amides is 1. The van der Waals surface area contributed by atoms with Crippen molar-refractivity contribution >= 4 is 11.9 Å². The Kier molecular flexibility index (Phi) is 5.52. The minimum atomic E-state index is -0.951. The summed E-state index contributed by atoms with van der Waals surface area (Å²) in [6.45, 7) is 3.15. The van der Waals surface area contributed by atoms with Gasteiger partial charge in [-0.05, 0) is 19.1 Å². The summed E-state index contributed by atoms with van der Waals surface area (Å²) in [7, 11) is 0. The van der Waals surface area contributed by atoms with Crippen molar-refractivity contribution in [2.24, 2.45) is 0 Å². The van der Waals surface area contributed by atoms with Crippen LogP contribution in [-0.4, -0.2) is 64.1 Å². The van der Waals surface area contributed by atoms with Crippen molar-refractivity contribution in [1.29, 1.82) is 0 Å². The number of carbonyl (C=O) groups is 2. The largest absolute Gasteiger partial charge is 0.490 e. The number of carbonyl (C=O) groups excluding carboxylic acids is 1. The van der Waals surface area contributed by atoms with E-state index >= 15 is 0 Å². The molecule has 8 heteroatoms. The molecular weight excluding hydrogens is 338 g/mol. The maximum Gasteiger partial charge on any atom is 0.306 e. The third-order valence-electron chi connectivity index (χ3n) is 4.03. The Labute approximate surface area is 150 Å². The average Bonchev–Trinajstić information content (AvgIpc) is 3.06. The highest BCUT2D eigenvalue weighted by Gasteiger charge is 2.30. The van der Waals surface area contributed by atoms with Crippen LogP contribution < -0.4 is 4.74 Å². The van der Waals surface area contributed by atoms with Gasteiger partial charge in [-0.1, -0.05) is 18.2 Å². The molecule has 1 aromatic carbocycles. The quantitative estimate of drug-likeness (QED) is 0.842. The molecule has 1 amide bonds. The maximum absolute atomic E-state index is 12.9. The number of aliphatic carboxylic acids is 1. The van der Waals surface area contributed by atoms with Crippen LogP contribution in [0.5, 0.6) is 5.75 Å². The van der Waals surface area contributed by atoms with E-state index in [1.165, 1.54) is 0 Å². The number of aromatic nitrogens is 2. The number of para-hydroxylation sites is 1. The molecule has 2 heterocycles. The molecule has 0 spiro atoms. The van der Waals surface area contributed by atoms with Crippen LogP contribution in [0.15, 0.2) is 36.5 Å². The number of carboxylic acid groups (broad SMARTS) is 1. The van der Waals surface area contributed by atoms with E-state index in [1.54, 1.807) is 15.8 Å². The van der Waals surface area contributed by atoms with Gasteiger partial charge in [-0.3, -0.25) is 9.59 Å². The summed E-state index contributed by atoms with van der Waals surface area (Å²) in [6, 6.07) is 9.44. The highest BCUT2D eigenvalue weighted by atomic mass is 16.5. The third-order valence-corrected chi connectivity index (χ3v) is 4.03. The highest BCUT2D eigenvalue weighted by Crippen LogP contribution is 2.23. The molecule has 26 heavy (non-hydrogen) atoms. The van der Waals surface area contributed by atoms with E-state index in [-0.39, 0.29) is 24.6 Å². The van der Waals surface area contributed by atoms with Crippen molar-refractivity contribution in [2.75, 3.05) is 26.3 Å². The van der Waals surface area contributed by atoms with Gasteiger partial charge >= 0.3 is 5.97 Å². The first-order chi connectivity index (χ1) is 12.6. The summed E-state index contributed by atoms with van der Waals surface area (Å²) in [5.41, 5.74) is 1.03. The Hall–Kier alpha value is -2.87. The average molecular weight is 359 g/mol. The lowest BCUT2D eigenvalue weighted by Crippen LogP contribution is -2.46. The van der Waals surface area contributed by atoms with Gasteiger partial charge in [-0.15, -0.1) is 0 Å². The predicted octanol–water partition coefficient (Wildman–Crippen LogP) is 1.59. The van der Waals surface area contributed by atoms with Gasteiger partial charge in [-0.2, -0.15) is 5.10 Å². The number of hydrogen-bond donors (Lipinski definition) is 1. The Morgan fingerprint density at radius 3 is 2.81 bits per heavy atom.